The average Bonchev–Trinajstić information content (AvgIpc) is 2.60. The SMILES string of the molecule is Cc1cc(F)ccc1Cn1nc(C)c(CC(C)N)c1C. The van der Waals surface area contributed by atoms with Crippen LogP contribution in [0.2, 0.25) is 0 Å². The lowest BCUT2D eigenvalue weighted by Crippen LogP contribution is -2.18. The summed E-state index contributed by atoms with van der Waals surface area (Å²) in [6.45, 7) is 8.67. The molecule has 0 aliphatic rings. The van der Waals surface area contributed by atoms with Crippen LogP contribution in [0.3, 0.4) is 0 Å². The minimum atomic E-state index is -0.197. The Kier molecular flexibility index (Phi) is 4.23. The minimum absolute atomic E-state index is 0.123. The molecule has 4 heteroatoms. The zero-order valence-electron chi connectivity index (χ0n) is 12.6. The Balaban J connectivity index is 2.30. The van der Waals surface area contributed by atoms with Gasteiger partial charge in [0.1, 0.15) is 5.82 Å². The summed E-state index contributed by atoms with van der Waals surface area (Å²) >= 11 is 0. The van der Waals surface area contributed by atoms with Gasteiger partial charge in [0, 0.05) is 11.7 Å². The monoisotopic (exact) mass is 275 g/mol. The number of rotatable bonds is 4. The molecule has 1 atom stereocenters. The molecule has 1 unspecified atom stereocenters. The van der Waals surface area contributed by atoms with E-state index in [9.17, 15) is 4.39 Å². The molecule has 0 aliphatic carbocycles. The van der Waals surface area contributed by atoms with E-state index >= 15 is 0 Å². The van der Waals surface area contributed by atoms with Crippen LogP contribution < -0.4 is 5.73 Å². The molecule has 1 heterocycles. The van der Waals surface area contributed by atoms with Crippen molar-refractivity contribution in [1.29, 1.82) is 0 Å². The molecule has 2 aromatic rings. The highest BCUT2D eigenvalue weighted by Crippen LogP contribution is 2.18. The highest BCUT2D eigenvalue weighted by atomic mass is 19.1. The second-order valence-corrected chi connectivity index (χ2v) is 5.56. The van der Waals surface area contributed by atoms with Crippen LogP contribution in [-0.4, -0.2) is 15.8 Å². The van der Waals surface area contributed by atoms with Gasteiger partial charge in [0.05, 0.1) is 12.2 Å². The summed E-state index contributed by atoms with van der Waals surface area (Å²) in [7, 11) is 0. The first-order chi connectivity index (χ1) is 9.38. The smallest absolute Gasteiger partial charge is 0.123 e. The van der Waals surface area contributed by atoms with Gasteiger partial charge in [-0.05, 0) is 62.9 Å². The van der Waals surface area contributed by atoms with E-state index in [2.05, 4.69) is 12.0 Å². The van der Waals surface area contributed by atoms with Crippen molar-refractivity contribution in [3.05, 3.63) is 52.1 Å². The second kappa shape index (κ2) is 5.75. The zero-order valence-corrected chi connectivity index (χ0v) is 12.6. The summed E-state index contributed by atoms with van der Waals surface area (Å²) in [5, 5.41) is 4.59. The number of hydrogen-bond acceptors (Lipinski definition) is 2. The van der Waals surface area contributed by atoms with Crippen molar-refractivity contribution in [2.45, 2.75) is 46.7 Å². The number of nitrogens with zero attached hydrogens (tertiary/aromatic N) is 2. The third-order valence-electron chi connectivity index (χ3n) is 3.68. The fourth-order valence-electron chi connectivity index (χ4n) is 2.50. The molecule has 0 radical (unpaired) electrons. The molecule has 0 amide bonds. The molecular formula is C16H22FN3. The Bertz CT molecular complexity index is 614. The topological polar surface area (TPSA) is 43.8 Å². The molecule has 20 heavy (non-hydrogen) atoms. The van der Waals surface area contributed by atoms with Crippen LogP contribution in [0.25, 0.3) is 0 Å². The van der Waals surface area contributed by atoms with Gasteiger partial charge in [0.15, 0.2) is 0 Å². The van der Waals surface area contributed by atoms with Gasteiger partial charge in [-0.1, -0.05) is 6.07 Å². The molecule has 1 aromatic heterocycles. The van der Waals surface area contributed by atoms with E-state index in [1.54, 1.807) is 6.07 Å². The van der Waals surface area contributed by atoms with Crippen molar-refractivity contribution in [3.63, 3.8) is 0 Å². The van der Waals surface area contributed by atoms with E-state index in [-0.39, 0.29) is 11.9 Å². The van der Waals surface area contributed by atoms with Crippen molar-refractivity contribution >= 4 is 0 Å². The molecule has 0 saturated heterocycles. The van der Waals surface area contributed by atoms with E-state index in [1.165, 1.54) is 11.6 Å². The van der Waals surface area contributed by atoms with Gasteiger partial charge < -0.3 is 5.73 Å². The molecule has 0 fully saturated rings. The summed E-state index contributed by atoms with van der Waals surface area (Å²) in [6, 6.07) is 5.00. The van der Waals surface area contributed by atoms with E-state index in [0.717, 1.165) is 28.9 Å². The zero-order chi connectivity index (χ0) is 14.9. The van der Waals surface area contributed by atoms with E-state index in [0.29, 0.717) is 6.54 Å². The van der Waals surface area contributed by atoms with E-state index in [4.69, 9.17) is 5.73 Å². The number of aromatic nitrogens is 2. The largest absolute Gasteiger partial charge is 0.328 e. The first-order valence-electron chi connectivity index (χ1n) is 6.92. The van der Waals surface area contributed by atoms with E-state index < -0.39 is 0 Å². The van der Waals surface area contributed by atoms with Crippen LogP contribution >= 0.6 is 0 Å². The lowest BCUT2D eigenvalue weighted by Gasteiger charge is -2.09. The first-order valence-corrected chi connectivity index (χ1v) is 6.92. The van der Waals surface area contributed by atoms with Crippen LogP contribution in [-0.2, 0) is 13.0 Å². The van der Waals surface area contributed by atoms with Crippen LogP contribution in [0.1, 0.15) is 35.0 Å². The number of hydrogen-bond donors (Lipinski definition) is 1. The lowest BCUT2D eigenvalue weighted by molar-refractivity contribution is 0.620. The Morgan fingerprint density at radius 2 is 2.00 bits per heavy atom. The number of aryl methyl sites for hydroxylation is 2. The molecule has 0 aliphatic heterocycles. The molecule has 108 valence electrons. The molecule has 2 N–H and O–H groups in total. The van der Waals surface area contributed by atoms with Crippen molar-refractivity contribution in [2.24, 2.45) is 5.73 Å². The Labute approximate surface area is 119 Å². The predicted molar refractivity (Wildman–Crippen MR) is 79.3 cm³/mol. The van der Waals surface area contributed by atoms with Gasteiger partial charge in [0.25, 0.3) is 0 Å². The molecule has 0 bridgehead atoms. The van der Waals surface area contributed by atoms with Crippen molar-refractivity contribution in [1.82, 2.24) is 9.78 Å². The summed E-state index contributed by atoms with van der Waals surface area (Å²) in [6.07, 6.45) is 0.833. The van der Waals surface area contributed by atoms with Gasteiger partial charge in [-0.15, -0.1) is 0 Å². The highest BCUT2D eigenvalue weighted by Gasteiger charge is 2.13. The van der Waals surface area contributed by atoms with Gasteiger partial charge >= 0.3 is 0 Å². The number of halogens is 1. The number of benzene rings is 1. The predicted octanol–water partition coefficient (Wildman–Crippen LogP) is 2.89. The maximum atomic E-state index is 13.1. The summed E-state index contributed by atoms with van der Waals surface area (Å²) < 4.78 is 15.1. The standard InChI is InChI=1S/C16H22FN3/c1-10-7-15(17)6-5-14(10)9-20-13(4)16(8-11(2)18)12(3)19-20/h5-7,11H,8-9,18H2,1-4H3. The fraction of sp³-hybridized carbons (Fsp3) is 0.438. The summed E-state index contributed by atoms with van der Waals surface area (Å²) in [5.41, 5.74) is 11.3. The van der Waals surface area contributed by atoms with Crippen molar-refractivity contribution in [3.8, 4) is 0 Å². The fourth-order valence-corrected chi connectivity index (χ4v) is 2.50. The summed E-state index contributed by atoms with van der Waals surface area (Å²) in [5.74, 6) is -0.197. The number of nitrogens with two attached hydrogens (primary N) is 1. The average molecular weight is 275 g/mol. The lowest BCUT2D eigenvalue weighted by atomic mass is 10.1. The molecule has 1 aromatic carbocycles. The van der Waals surface area contributed by atoms with Gasteiger partial charge in [-0.2, -0.15) is 5.10 Å². The van der Waals surface area contributed by atoms with Gasteiger partial charge in [0.2, 0.25) is 0 Å². The Morgan fingerprint density at radius 1 is 1.30 bits per heavy atom. The molecule has 2 rings (SSSR count). The van der Waals surface area contributed by atoms with Crippen molar-refractivity contribution in [2.75, 3.05) is 0 Å². The van der Waals surface area contributed by atoms with Crippen LogP contribution in [0.4, 0.5) is 4.39 Å². The van der Waals surface area contributed by atoms with Crippen LogP contribution in [0, 0.1) is 26.6 Å². The minimum Gasteiger partial charge on any atom is -0.328 e. The molecule has 3 nitrogen and oxygen atoms in total. The molecule has 0 saturated carbocycles. The Morgan fingerprint density at radius 3 is 2.60 bits per heavy atom. The van der Waals surface area contributed by atoms with Gasteiger partial charge in [-0.3, -0.25) is 4.68 Å². The quantitative estimate of drug-likeness (QED) is 0.932. The van der Waals surface area contributed by atoms with E-state index in [1.807, 2.05) is 31.5 Å². The third-order valence-corrected chi connectivity index (χ3v) is 3.68. The Hall–Kier alpha value is -1.68. The second-order valence-electron chi connectivity index (χ2n) is 5.56. The third kappa shape index (κ3) is 3.07. The van der Waals surface area contributed by atoms with Gasteiger partial charge in [-0.25, -0.2) is 4.39 Å². The maximum Gasteiger partial charge on any atom is 0.123 e. The van der Waals surface area contributed by atoms with Crippen LogP contribution in [0.5, 0.6) is 0 Å². The molecular weight excluding hydrogens is 253 g/mol. The normalized spacial score (nSPS) is 12.7. The molecule has 0 spiro atoms. The summed E-state index contributed by atoms with van der Waals surface area (Å²) in [4.78, 5) is 0. The highest BCUT2D eigenvalue weighted by molar-refractivity contribution is 5.30. The first kappa shape index (κ1) is 14.7. The van der Waals surface area contributed by atoms with Crippen molar-refractivity contribution < 1.29 is 4.39 Å². The maximum absolute atomic E-state index is 13.1. The van der Waals surface area contributed by atoms with Crippen LogP contribution in [0.15, 0.2) is 18.2 Å².